The molecule has 0 fully saturated rings. The van der Waals surface area contributed by atoms with Crippen molar-refractivity contribution in [3.63, 3.8) is 0 Å². The molecule has 14 heavy (non-hydrogen) atoms. The van der Waals surface area contributed by atoms with E-state index in [0.29, 0.717) is 40.2 Å². The second-order valence-electron chi connectivity index (χ2n) is 2.65. The summed E-state index contributed by atoms with van der Waals surface area (Å²) in [6.45, 7) is 0. The average molecular weight is 233 g/mol. The van der Waals surface area contributed by atoms with Gasteiger partial charge in [-0.15, -0.1) is 0 Å². The van der Waals surface area contributed by atoms with E-state index >= 15 is 0 Å². The molecule has 0 saturated carbocycles. The van der Waals surface area contributed by atoms with Gasteiger partial charge in [-0.1, -0.05) is 29.3 Å². The van der Waals surface area contributed by atoms with Gasteiger partial charge in [0.25, 0.3) is 0 Å². The van der Waals surface area contributed by atoms with Gasteiger partial charge in [0.05, 0.1) is 6.33 Å². The summed E-state index contributed by atoms with van der Waals surface area (Å²) in [4.78, 5) is 10.4. The number of halogens is 3. The van der Waals surface area contributed by atoms with Crippen LogP contribution in [0.4, 0.5) is 4.39 Å². The number of carbonyl (C=O) groups excluding carboxylic acids is 1. The first-order valence-electron chi connectivity index (χ1n) is 3.87. The highest BCUT2D eigenvalue weighted by atomic mass is 35.5. The Kier molecular flexibility index (Phi) is 4.11. The second-order valence-corrected chi connectivity index (χ2v) is 3.46. The predicted molar refractivity (Wildman–Crippen MR) is 55.8 cm³/mol. The van der Waals surface area contributed by atoms with E-state index in [9.17, 15) is 9.18 Å². The van der Waals surface area contributed by atoms with Gasteiger partial charge in [0.1, 0.15) is 6.29 Å². The third kappa shape index (κ3) is 2.56. The number of allylic oxidation sites excluding steroid dienone is 1. The maximum absolute atomic E-state index is 11.8. The fourth-order valence-corrected chi connectivity index (χ4v) is 1.71. The molecule has 0 spiro atoms. The van der Waals surface area contributed by atoms with Crippen LogP contribution < -0.4 is 0 Å². The van der Waals surface area contributed by atoms with Gasteiger partial charge >= 0.3 is 0 Å². The molecule has 1 nitrogen and oxygen atoms in total. The number of carbonyl (C=O) groups is 1. The number of rotatable bonds is 3. The third-order valence-corrected chi connectivity index (χ3v) is 2.38. The predicted octanol–water partition coefficient (Wildman–Crippen LogP) is 3.83. The van der Waals surface area contributed by atoms with Crippen molar-refractivity contribution in [3.8, 4) is 0 Å². The van der Waals surface area contributed by atoms with Crippen LogP contribution in [0.3, 0.4) is 0 Å². The Morgan fingerprint density at radius 2 is 1.86 bits per heavy atom. The van der Waals surface area contributed by atoms with Crippen LogP contribution >= 0.6 is 23.2 Å². The molecule has 0 bridgehead atoms. The van der Waals surface area contributed by atoms with Crippen molar-refractivity contribution < 1.29 is 9.18 Å². The van der Waals surface area contributed by atoms with Gasteiger partial charge in [-0.3, -0.25) is 4.79 Å². The van der Waals surface area contributed by atoms with Gasteiger partial charge < -0.3 is 0 Å². The Balaban J connectivity index is 3.11. The fourth-order valence-electron chi connectivity index (χ4n) is 1.05. The van der Waals surface area contributed by atoms with Crippen molar-refractivity contribution in [1.82, 2.24) is 0 Å². The van der Waals surface area contributed by atoms with Crippen molar-refractivity contribution in [2.24, 2.45) is 0 Å². The lowest BCUT2D eigenvalue weighted by Crippen LogP contribution is -1.89. The molecule has 0 aromatic heterocycles. The van der Waals surface area contributed by atoms with Crippen LogP contribution in [0.5, 0.6) is 0 Å². The van der Waals surface area contributed by atoms with Gasteiger partial charge in [0, 0.05) is 15.6 Å². The van der Waals surface area contributed by atoms with Crippen LogP contribution in [-0.2, 0) is 6.42 Å². The molecule has 1 rings (SSSR count). The first-order chi connectivity index (χ1) is 6.69. The molecule has 1 aromatic rings. The van der Waals surface area contributed by atoms with Crippen molar-refractivity contribution in [1.29, 1.82) is 0 Å². The van der Waals surface area contributed by atoms with E-state index in [1.165, 1.54) is 18.2 Å². The lowest BCUT2D eigenvalue weighted by Gasteiger charge is -2.04. The summed E-state index contributed by atoms with van der Waals surface area (Å²) in [6.07, 6.45) is 2.70. The number of benzene rings is 1. The molecule has 0 unspecified atom stereocenters. The van der Waals surface area contributed by atoms with Crippen LogP contribution in [0, 0.1) is 0 Å². The summed E-state index contributed by atoms with van der Waals surface area (Å²) in [5, 5.41) is 0.746. The smallest absolute Gasteiger partial charge is 0.150 e. The Morgan fingerprint density at radius 1 is 1.29 bits per heavy atom. The van der Waals surface area contributed by atoms with Crippen molar-refractivity contribution in [2.45, 2.75) is 6.42 Å². The molecule has 1 aromatic carbocycles. The number of aldehydes is 1. The zero-order valence-electron chi connectivity index (χ0n) is 7.14. The molecule has 0 aliphatic heterocycles. The largest absolute Gasteiger partial charge is 0.298 e. The van der Waals surface area contributed by atoms with E-state index in [2.05, 4.69) is 0 Å². The van der Waals surface area contributed by atoms with Crippen LogP contribution in [0.15, 0.2) is 24.5 Å². The number of hydrogen-bond acceptors (Lipinski definition) is 1. The zero-order valence-corrected chi connectivity index (χ0v) is 8.65. The first kappa shape index (κ1) is 11.2. The van der Waals surface area contributed by atoms with Gasteiger partial charge in [-0.25, -0.2) is 4.39 Å². The Bertz CT molecular complexity index is 351. The summed E-state index contributed by atoms with van der Waals surface area (Å²) in [7, 11) is 0. The Labute approximate surface area is 91.1 Å². The van der Waals surface area contributed by atoms with Crippen LogP contribution in [0.1, 0.15) is 15.9 Å². The van der Waals surface area contributed by atoms with Crippen LogP contribution in [0.2, 0.25) is 10.0 Å². The summed E-state index contributed by atoms with van der Waals surface area (Å²) in [6, 6.07) is 3.00. The molecule has 0 atom stereocenters. The van der Waals surface area contributed by atoms with Crippen molar-refractivity contribution >= 4 is 29.5 Å². The molecule has 4 heteroatoms. The molecule has 74 valence electrons. The van der Waals surface area contributed by atoms with E-state index in [1.54, 1.807) is 0 Å². The third-order valence-electron chi connectivity index (χ3n) is 1.71. The molecular weight excluding hydrogens is 226 g/mol. The van der Waals surface area contributed by atoms with Gasteiger partial charge in [0.2, 0.25) is 0 Å². The highest BCUT2D eigenvalue weighted by Crippen LogP contribution is 2.26. The quantitative estimate of drug-likeness (QED) is 0.725. The van der Waals surface area contributed by atoms with Crippen molar-refractivity contribution in [3.05, 3.63) is 45.7 Å². The Morgan fingerprint density at radius 3 is 2.29 bits per heavy atom. The summed E-state index contributed by atoms with van der Waals surface area (Å²) < 4.78 is 11.8. The number of hydrogen-bond donors (Lipinski definition) is 0. The van der Waals surface area contributed by atoms with E-state index in [-0.39, 0.29) is 0 Å². The average Bonchev–Trinajstić information content (AvgIpc) is 2.16. The monoisotopic (exact) mass is 232 g/mol. The molecular formula is C10H7Cl2FO. The maximum Gasteiger partial charge on any atom is 0.150 e. The second kappa shape index (κ2) is 5.13. The molecule has 0 heterocycles. The van der Waals surface area contributed by atoms with E-state index in [1.807, 2.05) is 0 Å². The molecule has 0 radical (unpaired) electrons. The normalized spacial score (nSPS) is 10.8. The molecule has 0 aliphatic rings. The topological polar surface area (TPSA) is 17.1 Å². The summed E-state index contributed by atoms with van der Waals surface area (Å²) >= 11 is 11.7. The van der Waals surface area contributed by atoms with E-state index in [0.717, 1.165) is 0 Å². The van der Waals surface area contributed by atoms with E-state index in [4.69, 9.17) is 23.2 Å². The molecule has 0 N–H and O–H groups in total. The van der Waals surface area contributed by atoms with Crippen LogP contribution in [-0.4, -0.2) is 6.29 Å². The lowest BCUT2D eigenvalue weighted by molar-refractivity contribution is 0.112. The molecule has 0 saturated heterocycles. The minimum absolute atomic E-state index is 0.313. The summed E-state index contributed by atoms with van der Waals surface area (Å²) in [5.41, 5.74) is 1.03. The van der Waals surface area contributed by atoms with E-state index < -0.39 is 0 Å². The Hall–Kier alpha value is -0.860. The van der Waals surface area contributed by atoms with Gasteiger partial charge in [-0.05, 0) is 24.1 Å². The van der Waals surface area contributed by atoms with Crippen molar-refractivity contribution in [2.75, 3.05) is 0 Å². The minimum Gasteiger partial charge on any atom is -0.298 e. The standard InChI is InChI=1S/C10H7Cl2FO/c11-9-4-7(6-14)5-10(12)8(9)2-1-3-13/h1,3-6H,2H2/b3-1+. The van der Waals surface area contributed by atoms with Gasteiger partial charge in [0.15, 0.2) is 0 Å². The fraction of sp³-hybridized carbons (Fsp3) is 0.100. The van der Waals surface area contributed by atoms with Gasteiger partial charge in [-0.2, -0.15) is 0 Å². The highest BCUT2D eigenvalue weighted by Gasteiger charge is 2.06. The minimum atomic E-state index is 0.313. The first-order valence-corrected chi connectivity index (χ1v) is 4.63. The maximum atomic E-state index is 11.8. The lowest BCUT2D eigenvalue weighted by atomic mass is 10.1. The molecule has 0 amide bonds. The zero-order chi connectivity index (χ0) is 10.6. The van der Waals surface area contributed by atoms with Crippen LogP contribution in [0.25, 0.3) is 0 Å². The highest BCUT2D eigenvalue weighted by molar-refractivity contribution is 6.36. The summed E-state index contributed by atoms with van der Waals surface area (Å²) in [5.74, 6) is 0. The molecule has 0 aliphatic carbocycles. The SMILES string of the molecule is O=Cc1cc(Cl)c(C/C=C/F)c(Cl)c1.